The molecule has 2 aromatic rings. The average Bonchev–Trinajstić information content (AvgIpc) is 2.64. The first-order chi connectivity index (χ1) is 12.5. The Kier molecular flexibility index (Phi) is 6.92. The Balaban J connectivity index is 2.01. The molecule has 1 N–H and O–H groups in total. The van der Waals surface area contributed by atoms with Gasteiger partial charge < -0.3 is 10.2 Å². The summed E-state index contributed by atoms with van der Waals surface area (Å²) in [7, 11) is 0. The summed E-state index contributed by atoms with van der Waals surface area (Å²) in [5.41, 5.74) is 3.85. The van der Waals surface area contributed by atoms with Crippen molar-refractivity contribution < 1.29 is 9.59 Å². The van der Waals surface area contributed by atoms with Crippen LogP contribution in [-0.4, -0.2) is 24.9 Å². The zero-order valence-corrected chi connectivity index (χ0v) is 15.2. The van der Waals surface area contributed by atoms with Gasteiger partial charge in [0, 0.05) is 12.2 Å². The first kappa shape index (κ1) is 19.2. The lowest BCUT2D eigenvalue weighted by molar-refractivity contribution is -0.124. The van der Waals surface area contributed by atoms with Gasteiger partial charge in [-0.05, 0) is 42.7 Å². The van der Waals surface area contributed by atoms with E-state index in [1.165, 1.54) is 0 Å². The second-order valence-corrected chi connectivity index (χ2v) is 6.16. The van der Waals surface area contributed by atoms with E-state index >= 15 is 0 Å². The Morgan fingerprint density at radius 2 is 1.81 bits per heavy atom. The van der Waals surface area contributed by atoms with Crippen LogP contribution in [0.1, 0.15) is 23.1 Å². The Bertz CT molecular complexity index is 810. The average molecular weight is 349 g/mol. The van der Waals surface area contributed by atoms with Crippen molar-refractivity contribution in [1.29, 1.82) is 5.26 Å². The van der Waals surface area contributed by atoms with E-state index in [4.69, 9.17) is 5.26 Å². The standard InChI is InChI=1S/C21H23N3O2/c1-16-9-10-19(13-17(16)2)24(12-6-11-22)21(26)15-23-20(25)14-18-7-4-3-5-8-18/h3-5,7-10,13H,6,12,14-15H2,1-2H3,(H,23,25). The highest BCUT2D eigenvalue weighted by atomic mass is 16.2. The summed E-state index contributed by atoms with van der Waals surface area (Å²) in [6, 6.07) is 17.2. The molecule has 0 radical (unpaired) electrons. The molecule has 5 heteroatoms. The van der Waals surface area contributed by atoms with E-state index in [0.717, 1.165) is 22.4 Å². The largest absolute Gasteiger partial charge is 0.347 e. The van der Waals surface area contributed by atoms with Crippen LogP contribution in [0, 0.1) is 25.2 Å². The van der Waals surface area contributed by atoms with Gasteiger partial charge in [-0.25, -0.2) is 0 Å². The van der Waals surface area contributed by atoms with Crippen LogP contribution >= 0.6 is 0 Å². The lowest BCUT2D eigenvalue weighted by atomic mass is 10.1. The number of hydrogen-bond donors (Lipinski definition) is 1. The Labute approximate surface area is 154 Å². The van der Waals surface area contributed by atoms with Crippen LogP contribution in [-0.2, 0) is 16.0 Å². The van der Waals surface area contributed by atoms with Crippen molar-refractivity contribution >= 4 is 17.5 Å². The van der Waals surface area contributed by atoms with Gasteiger partial charge >= 0.3 is 0 Å². The summed E-state index contributed by atoms with van der Waals surface area (Å²) in [5.74, 6) is -0.435. The SMILES string of the molecule is Cc1ccc(N(CCC#N)C(=O)CNC(=O)Cc2ccccc2)cc1C. The third-order valence-electron chi connectivity index (χ3n) is 4.19. The van der Waals surface area contributed by atoms with Crippen LogP contribution in [0.3, 0.4) is 0 Å². The molecular weight excluding hydrogens is 326 g/mol. The topological polar surface area (TPSA) is 73.2 Å². The molecule has 0 fully saturated rings. The molecular formula is C21H23N3O2. The van der Waals surface area contributed by atoms with Gasteiger partial charge in [-0.1, -0.05) is 36.4 Å². The molecule has 0 spiro atoms. The van der Waals surface area contributed by atoms with Gasteiger partial charge in [-0.3, -0.25) is 9.59 Å². The first-order valence-electron chi connectivity index (χ1n) is 8.56. The Morgan fingerprint density at radius 1 is 1.08 bits per heavy atom. The number of anilines is 1. The number of benzene rings is 2. The minimum absolute atomic E-state index is 0.0932. The Morgan fingerprint density at radius 3 is 2.46 bits per heavy atom. The zero-order valence-electron chi connectivity index (χ0n) is 15.2. The van der Waals surface area contributed by atoms with Crippen LogP contribution in [0.4, 0.5) is 5.69 Å². The summed E-state index contributed by atoms with van der Waals surface area (Å²) in [4.78, 5) is 26.2. The van der Waals surface area contributed by atoms with Gasteiger partial charge in [-0.2, -0.15) is 5.26 Å². The maximum Gasteiger partial charge on any atom is 0.246 e. The fourth-order valence-electron chi connectivity index (χ4n) is 2.57. The fraction of sp³-hybridized carbons (Fsp3) is 0.286. The summed E-state index contributed by atoms with van der Waals surface area (Å²) in [6.45, 7) is 4.19. The molecule has 0 aliphatic rings. The van der Waals surface area contributed by atoms with E-state index in [9.17, 15) is 9.59 Å². The first-order valence-corrected chi connectivity index (χ1v) is 8.56. The summed E-state index contributed by atoms with van der Waals surface area (Å²) in [6.07, 6.45) is 0.465. The molecule has 0 atom stereocenters. The molecule has 5 nitrogen and oxygen atoms in total. The van der Waals surface area contributed by atoms with Gasteiger partial charge in [0.25, 0.3) is 0 Å². The van der Waals surface area contributed by atoms with Crippen molar-refractivity contribution in [1.82, 2.24) is 5.32 Å². The molecule has 2 rings (SSSR count). The molecule has 0 unspecified atom stereocenters. The van der Waals surface area contributed by atoms with Gasteiger partial charge in [-0.15, -0.1) is 0 Å². The number of nitrogens with one attached hydrogen (secondary N) is 1. The van der Waals surface area contributed by atoms with E-state index in [-0.39, 0.29) is 31.2 Å². The summed E-state index contributed by atoms with van der Waals surface area (Å²) in [5, 5.41) is 11.5. The summed E-state index contributed by atoms with van der Waals surface area (Å²) >= 11 is 0. The molecule has 2 aromatic carbocycles. The summed E-state index contributed by atoms with van der Waals surface area (Å²) < 4.78 is 0. The fourth-order valence-corrected chi connectivity index (χ4v) is 2.57. The number of hydrogen-bond acceptors (Lipinski definition) is 3. The third-order valence-corrected chi connectivity index (χ3v) is 4.19. The van der Waals surface area contributed by atoms with Crippen molar-refractivity contribution in [2.45, 2.75) is 26.7 Å². The van der Waals surface area contributed by atoms with E-state index in [1.54, 1.807) is 4.90 Å². The highest BCUT2D eigenvalue weighted by molar-refractivity contribution is 5.97. The number of nitriles is 1. The number of nitrogens with zero attached hydrogens (tertiary/aromatic N) is 2. The molecule has 0 saturated heterocycles. The van der Waals surface area contributed by atoms with Gasteiger partial charge in [0.2, 0.25) is 11.8 Å². The number of aryl methyl sites for hydroxylation is 2. The molecule has 0 saturated carbocycles. The second-order valence-electron chi connectivity index (χ2n) is 6.16. The highest BCUT2D eigenvalue weighted by Gasteiger charge is 2.17. The molecule has 0 aliphatic carbocycles. The van der Waals surface area contributed by atoms with Crippen LogP contribution in [0.25, 0.3) is 0 Å². The normalized spacial score (nSPS) is 10.0. The third kappa shape index (κ3) is 5.45. The minimum atomic E-state index is -0.232. The smallest absolute Gasteiger partial charge is 0.246 e. The number of carbonyl (C=O) groups excluding carboxylic acids is 2. The van der Waals surface area contributed by atoms with Gasteiger partial charge in [0.15, 0.2) is 0 Å². The van der Waals surface area contributed by atoms with Crippen LogP contribution in [0.2, 0.25) is 0 Å². The molecule has 0 aliphatic heterocycles. The number of amides is 2. The lowest BCUT2D eigenvalue weighted by Gasteiger charge is -2.23. The second kappa shape index (κ2) is 9.38. The van der Waals surface area contributed by atoms with E-state index < -0.39 is 0 Å². The van der Waals surface area contributed by atoms with Crippen molar-refractivity contribution in [2.75, 3.05) is 18.0 Å². The van der Waals surface area contributed by atoms with Crippen molar-refractivity contribution in [3.63, 3.8) is 0 Å². The van der Waals surface area contributed by atoms with Crippen LogP contribution in [0.5, 0.6) is 0 Å². The predicted octanol–water partition coefficient (Wildman–Crippen LogP) is 2.91. The molecule has 0 bridgehead atoms. The molecule has 0 heterocycles. The number of rotatable bonds is 7. The molecule has 0 aromatic heterocycles. The monoisotopic (exact) mass is 349 g/mol. The Hall–Kier alpha value is -3.13. The molecule has 26 heavy (non-hydrogen) atoms. The van der Waals surface area contributed by atoms with E-state index in [2.05, 4.69) is 11.4 Å². The van der Waals surface area contributed by atoms with Crippen molar-refractivity contribution in [2.24, 2.45) is 0 Å². The van der Waals surface area contributed by atoms with E-state index in [1.807, 2.05) is 62.4 Å². The molecule has 2 amide bonds. The number of carbonyl (C=O) groups is 2. The maximum atomic E-state index is 12.6. The zero-order chi connectivity index (χ0) is 18.9. The highest BCUT2D eigenvalue weighted by Crippen LogP contribution is 2.19. The van der Waals surface area contributed by atoms with Crippen LogP contribution < -0.4 is 10.2 Å². The van der Waals surface area contributed by atoms with Crippen LogP contribution in [0.15, 0.2) is 48.5 Å². The molecule has 134 valence electrons. The lowest BCUT2D eigenvalue weighted by Crippen LogP contribution is -2.41. The minimum Gasteiger partial charge on any atom is -0.347 e. The quantitative estimate of drug-likeness (QED) is 0.835. The van der Waals surface area contributed by atoms with Crippen molar-refractivity contribution in [3.8, 4) is 6.07 Å². The van der Waals surface area contributed by atoms with Gasteiger partial charge in [0.1, 0.15) is 0 Å². The van der Waals surface area contributed by atoms with Crippen molar-refractivity contribution in [3.05, 3.63) is 65.2 Å². The maximum absolute atomic E-state index is 12.6. The van der Waals surface area contributed by atoms with E-state index in [0.29, 0.717) is 6.54 Å². The van der Waals surface area contributed by atoms with Gasteiger partial charge in [0.05, 0.1) is 25.5 Å². The predicted molar refractivity (Wildman–Crippen MR) is 102 cm³/mol.